The monoisotopic (exact) mass is 418 g/mol. The van der Waals surface area contributed by atoms with Crippen LogP contribution in [0.2, 0.25) is 5.02 Å². The standard InChI is InChI=1S/C21H14ClF3N2O2/c22-13-4-1-5-15(8-13)29-20-16(9-14(23)11-26-20)21(28)27-6-2-3-12-7-17(24)18(25)10-19(12)27/h1,4-5,7-11H,2-3,6H2. The highest BCUT2D eigenvalue weighted by Crippen LogP contribution is 2.33. The lowest BCUT2D eigenvalue weighted by atomic mass is 10.0. The second-order valence-corrected chi connectivity index (χ2v) is 6.96. The number of hydrogen-bond acceptors (Lipinski definition) is 3. The van der Waals surface area contributed by atoms with Crippen LogP contribution >= 0.6 is 11.6 Å². The average Bonchev–Trinajstić information content (AvgIpc) is 2.69. The quantitative estimate of drug-likeness (QED) is 0.561. The van der Waals surface area contributed by atoms with E-state index in [0.29, 0.717) is 29.2 Å². The van der Waals surface area contributed by atoms with Crippen LogP contribution in [0.25, 0.3) is 0 Å². The lowest BCUT2D eigenvalue weighted by molar-refractivity contribution is 0.0981. The molecule has 2 aromatic carbocycles. The minimum absolute atomic E-state index is 0.117. The molecule has 1 amide bonds. The zero-order chi connectivity index (χ0) is 20.5. The van der Waals surface area contributed by atoms with E-state index in [1.165, 1.54) is 11.0 Å². The van der Waals surface area contributed by atoms with Crippen LogP contribution in [-0.4, -0.2) is 17.4 Å². The zero-order valence-electron chi connectivity index (χ0n) is 15.0. The predicted molar refractivity (Wildman–Crippen MR) is 102 cm³/mol. The van der Waals surface area contributed by atoms with Gasteiger partial charge in [0.25, 0.3) is 5.91 Å². The molecule has 0 spiro atoms. The summed E-state index contributed by atoms with van der Waals surface area (Å²) in [5.74, 6) is -3.19. The number of carbonyl (C=O) groups is 1. The van der Waals surface area contributed by atoms with Crippen LogP contribution in [0.15, 0.2) is 48.7 Å². The Balaban J connectivity index is 1.73. The number of fused-ring (bicyclic) bond motifs is 1. The number of aryl methyl sites for hydroxylation is 1. The summed E-state index contributed by atoms with van der Waals surface area (Å²) in [6, 6.07) is 9.50. The summed E-state index contributed by atoms with van der Waals surface area (Å²) in [7, 11) is 0. The fourth-order valence-electron chi connectivity index (χ4n) is 3.24. The Hall–Kier alpha value is -3.06. The molecule has 3 aromatic rings. The van der Waals surface area contributed by atoms with E-state index in [1.54, 1.807) is 18.2 Å². The van der Waals surface area contributed by atoms with E-state index in [2.05, 4.69) is 4.98 Å². The Morgan fingerprint density at radius 2 is 1.90 bits per heavy atom. The molecule has 29 heavy (non-hydrogen) atoms. The van der Waals surface area contributed by atoms with Crippen LogP contribution in [-0.2, 0) is 6.42 Å². The number of anilines is 1. The summed E-state index contributed by atoms with van der Waals surface area (Å²) >= 11 is 5.94. The summed E-state index contributed by atoms with van der Waals surface area (Å²) in [6.07, 6.45) is 1.98. The van der Waals surface area contributed by atoms with Crippen LogP contribution in [0, 0.1) is 17.5 Å². The number of halogens is 4. The number of benzene rings is 2. The lowest BCUT2D eigenvalue weighted by Crippen LogP contribution is -2.36. The highest BCUT2D eigenvalue weighted by Gasteiger charge is 2.28. The molecular formula is C21H14ClF3N2O2. The van der Waals surface area contributed by atoms with Gasteiger partial charge >= 0.3 is 0 Å². The summed E-state index contributed by atoms with van der Waals surface area (Å²) in [5, 5.41) is 0.417. The van der Waals surface area contributed by atoms with Gasteiger partial charge in [-0.2, -0.15) is 0 Å². The smallest absolute Gasteiger partial charge is 0.263 e. The second-order valence-electron chi connectivity index (χ2n) is 6.52. The maximum Gasteiger partial charge on any atom is 0.263 e. The first kappa shape index (κ1) is 19.3. The molecule has 1 aromatic heterocycles. The first-order chi connectivity index (χ1) is 13.9. The van der Waals surface area contributed by atoms with Crippen molar-refractivity contribution in [3.05, 3.63) is 82.3 Å². The Bertz CT molecular complexity index is 1110. The summed E-state index contributed by atoms with van der Waals surface area (Å²) < 4.78 is 46.9. The van der Waals surface area contributed by atoms with Gasteiger partial charge in [-0.15, -0.1) is 0 Å². The molecule has 0 saturated heterocycles. The van der Waals surface area contributed by atoms with Crippen molar-refractivity contribution in [1.82, 2.24) is 4.98 Å². The van der Waals surface area contributed by atoms with Crippen molar-refractivity contribution < 1.29 is 22.7 Å². The maximum absolute atomic E-state index is 13.9. The molecule has 4 nitrogen and oxygen atoms in total. The highest BCUT2D eigenvalue weighted by molar-refractivity contribution is 6.30. The van der Waals surface area contributed by atoms with E-state index in [9.17, 15) is 18.0 Å². The SMILES string of the molecule is O=C(c1cc(F)cnc1Oc1cccc(Cl)c1)N1CCCc2cc(F)c(F)cc21. The molecule has 2 heterocycles. The molecule has 0 N–H and O–H groups in total. The van der Waals surface area contributed by atoms with E-state index in [0.717, 1.165) is 24.4 Å². The Kier molecular flexibility index (Phi) is 5.15. The number of pyridine rings is 1. The molecule has 0 aliphatic carbocycles. The molecule has 8 heteroatoms. The van der Waals surface area contributed by atoms with Crippen LogP contribution in [0.5, 0.6) is 11.6 Å². The molecular weight excluding hydrogens is 405 g/mol. The number of aromatic nitrogens is 1. The van der Waals surface area contributed by atoms with Crippen molar-refractivity contribution in [2.45, 2.75) is 12.8 Å². The van der Waals surface area contributed by atoms with Crippen molar-refractivity contribution in [3.63, 3.8) is 0 Å². The van der Waals surface area contributed by atoms with E-state index >= 15 is 0 Å². The van der Waals surface area contributed by atoms with Crippen LogP contribution in [0.4, 0.5) is 18.9 Å². The number of nitrogens with zero attached hydrogens (tertiary/aromatic N) is 2. The molecule has 4 rings (SSSR count). The highest BCUT2D eigenvalue weighted by atomic mass is 35.5. The van der Waals surface area contributed by atoms with E-state index in [4.69, 9.17) is 16.3 Å². The van der Waals surface area contributed by atoms with E-state index in [-0.39, 0.29) is 23.7 Å². The van der Waals surface area contributed by atoms with Gasteiger partial charge in [0.1, 0.15) is 17.1 Å². The fourth-order valence-corrected chi connectivity index (χ4v) is 3.42. The van der Waals surface area contributed by atoms with Gasteiger partial charge in [0.15, 0.2) is 11.6 Å². The number of rotatable bonds is 3. The van der Waals surface area contributed by atoms with E-state index < -0.39 is 23.4 Å². The van der Waals surface area contributed by atoms with Crippen LogP contribution in [0.1, 0.15) is 22.3 Å². The molecule has 1 aliphatic heterocycles. The summed E-state index contributed by atoms with van der Waals surface area (Å²) in [4.78, 5) is 18.4. The molecule has 1 aliphatic rings. The van der Waals surface area contributed by atoms with Crippen molar-refractivity contribution in [2.24, 2.45) is 0 Å². The Labute approximate surface area is 169 Å². The van der Waals surface area contributed by atoms with Crippen molar-refractivity contribution >= 4 is 23.2 Å². The van der Waals surface area contributed by atoms with Gasteiger partial charge in [0.2, 0.25) is 5.88 Å². The maximum atomic E-state index is 13.9. The zero-order valence-corrected chi connectivity index (χ0v) is 15.7. The number of amides is 1. The average molecular weight is 419 g/mol. The lowest BCUT2D eigenvalue weighted by Gasteiger charge is -2.30. The molecule has 0 radical (unpaired) electrons. The van der Waals surface area contributed by atoms with Crippen molar-refractivity contribution in [2.75, 3.05) is 11.4 Å². The number of hydrogen-bond donors (Lipinski definition) is 0. The largest absolute Gasteiger partial charge is 0.438 e. The summed E-state index contributed by atoms with van der Waals surface area (Å²) in [5.41, 5.74) is 0.617. The number of carbonyl (C=O) groups excluding carboxylic acids is 1. The van der Waals surface area contributed by atoms with Gasteiger partial charge in [0.05, 0.1) is 11.9 Å². The predicted octanol–water partition coefficient (Wildman–Crippen LogP) is 5.54. The topological polar surface area (TPSA) is 42.4 Å². The first-order valence-corrected chi connectivity index (χ1v) is 9.19. The van der Waals surface area contributed by atoms with Crippen LogP contribution in [0.3, 0.4) is 0 Å². The fraction of sp³-hybridized carbons (Fsp3) is 0.143. The second kappa shape index (κ2) is 7.75. The molecule has 0 saturated carbocycles. The molecule has 148 valence electrons. The Morgan fingerprint density at radius 1 is 1.10 bits per heavy atom. The summed E-state index contributed by atoms with van der Waals surface area (Å²) in [6.45, 7) is 0.268. The van der Waals surface area contributed by atoms with Gasteiger partial charge in [-0.1, -0.05) is 17.7 Å². The normalized spacial score (nSPS) is 13.2. The third-order valence-corrected chi connectivity index (χ3v) is 4.78. The van der Waals surface area contributed by atoms with Gasteiger partial charge in [-0.05, 0) is 48.7 Å². The third kappa shape index (κ3) is 3.91. The minimum atomic E-state index is -1.06. The van der Waals surface area contributed by atoms with Gasteiger partial charge in [0, 0.05) is 17.6 Å². The van der Waals surface area contributed by atoms with Crippen LogP contribution < -0.4 is 9.64 Å². The van der Waals surface area contributed by atoms with Gasteiger partial charge < -0.3 is 9.64 Å². The minimum Gasteiger partial charge on any atom is -0.438 e. The van der Waals surface area contributed by atoms with Gasteiger partial charge in [-0.25, -0.2) is 18.2 Å². The molecule has 0 bridgehead atoms. The van der Waals surface area contributed by atoms with Crippen molar-refractivity contribution in [3.8, 4) is 11.6 Å². The number of ether oxygens (including phenoxy) is 1. The molecule has 0 atom stereocenters. The van der Waals surface area contributed by atoms with Crippen molar-refractivity contribution in [1.29, 1.82) is 0 Å². The first-order valence-electron chi connectivity index (χ1n) is 8.81. The molecule has 0 fully saturated rings. The third-order valence-electron chi connectivity index (χ3n) is 4.54. The molecule has 0 unspecified atom stereocenters. The Morgan fingerprint density at radius 3 is 2.69 bits per heavy atom. The van der Waals surface area contributed by atoms with E-state index in [1.807, 2.05) is 0 Å². The van der Waals surface area contributed by atoms with Gasteiger partial charge in [-0.3, -0.25) is 4.79 Å².